The Hall–Kier alpha value is -2.74. The van der Waals surface area contributed by atoms with Crippen LogP contribution < -0.4 is 10.2 Å². The molecule has 3 heterocycles. The van der Waals surface area contributed by atoms with Crippen molar-refractivity contribution >= 4 is 40.9 Å². The average Bonchev–Trinajstić information content (AvgIpc) is 2.89. The van der Waals surface area contributed by atoms with Gasteiger partial charge in [0.05, 0.1) is 0 Å². The van der Waals surface area contributed by atoms with Gasteiger partial charge < -0.3 is 14.7 Å². The second-order valence-electron chi connectivity index (χ2n) is 9.53. The number of rotatable bonds is 4. The number of likely N-dealkylation sites (N-methyl/N-ethyl adjacent to an activating group) is 1. The average molecular weight is 522 g/mol. The van der Waals surface area contributed by atoms with E-state index in [1.165, 1.54) is 21.7 Å². The zero-order chi connectivity index (χ0) is 25.2. The van der Waals surface area contributed by atoms with Gasteiger partial charge >= 0.3 is 6.03 Å². The van der Waals surface area contributed by atoms with Crippen LogP contribution in [0.15, 0.2) is 53.6 Å². The number of hydrogen-bond donors (Lipinski definition) is 1. The minimum Gasteiger partial charge on any atom is -0.369 e. The minimum atomic E-state index is -0.109. The van der Waals surface area contributed by atoms with E-state index in [0.29, 0.717) is 18.9 Å². The summed E-state index contributed by atoms with van der Waals surface area (Å²) in [4.78, 5) is 25.8. The lowest BCUT2D eigenvalue weighted by Crippen LogP contribution is -2.46. The SMILES string of the molecule is CSc1ccc(N2CCN(C)CC2)c2c1CCN(C(=O)Nc1ccc(-c3ccc(Cl)cc3C)cn1)C2. The first kappa shape index (κ1) is 24.9. The van der Waals surface area contributed by atoms with Crippen LogP contribution in [0.1, 0.15) is 16.7 Å². The van der Waals surface area contributed by atoms with Crippen molar-refractivity contribution in [1.82, 2.24) is 14.8 Å². The molecule has 0 spiro atoms. The molecule has 6 nitrogen and oxygen atoms in total. The van der Waals surface area contributed by atoms with Gasteiger partial charge in [0.1, 0.15) is 5.82 Å². The number of fused-ring (bicyclic) bond motifs is 1. The highest BCUT2D eigenvalue weighted by atomic mass is 35.5. The van der Waals surface area contributed by atoms with Crippen LogP contribution in [-0.4, -0.2) is 66.8 Å². The lowest BCUT2D eigenvalue weighted by Gasteiger charge is -2.38. The summed E-state index contributed by atoms with van der Waals surface area (Å²) >= 11 is 7.88. The number of amides is 2. The van der Waals surface area contributed by atoms with Crippen LogP contribution >= 0.6 is 23.4 Å². The van der Waals surface area contributed by atoms with Gasteiger partial charge in [-0.05, 0) is 85.3 Å². The second kappa shape index (κ2) is 10.7. The molecule has 1 saturated heterocycles. The Balaban J connectivity index is 1.32. The second-order valence-corrected chi connectivity index (χ2v) is 10.8. The van der Waals surface area contributed by atoms with Crippen LogP contribution in [0.2, 0.25) is 5.02 Å². The van der Waals surface area contributed by atoms with E-state index in [4.69, 9.17) is 11.6 Å². The third-order valence-electron chi connectivity index (χ3n) is 7.19. The quantitative estimate of drug-likeness (QED) is 0.441. The largest absolute Gasteiger partial charge is 0.369 e. The van der Waals surface area contributed by atoms with E-state index >= 15 is 0 Å². The van der Waals surface area contributed by atoms with Crippen LogP contribution in [0.5, 0.6) is 0 Å². The molecule has 0 unspecified atom stereocenters. The summed E-state index contributed by atoms with van der Waals surface area (Å²) < 4.78 is 0. The highest BCUT2D eigenvalue weighted by Crippen LogP contribution is 2.36. The van der Waals surface area contributed by atoms with Crippen LogP contribution in [0, 0.1) is 6.92 Å². The molecule has 0 bridgehead atoms. The van der Waals surface area contributed by atoms with Gasteiger partial charge in [-0.3, -0.25) is 5.32 Å². The molecule has 8 heteroatoms. The van der Waals surface area contributed by atoms with E-state index in [-0.39, 0.29) is 6.03 Å². The zero-order valence-corrected chi connectivity index (χ0v) is 22.6. The molecule has 1 aromatic heterocycles. The molecule has 3 aromatic rings. The maximum absolute atomic E-state index is 13.2. The molecule has 2 aliphatic rings. The van der Waals surface area contributed by atoms with Gasteiger partial charge in [0.15, 0.2) is 0 Å². The Morgan fingerprint density at radius 2 is 1.83 bits per heavy atom. The number of nitrogens with one attached hydrogen (secondary N) is 1. The van der Waals surface area contributed by atoms with E-state index in [2.05, 4.69) is 45.5 Å². The van der Waals surface area contributed by atoms with E-state index < -0.39 is 0 Å². The lowest BCUT2D eigenvalue weighted by molar-refractivity contribution is 0.206. The molecule has 2 aromatic carbocycles. The molecule has 188 valence electrons. The molecule has 36 heavy (non-hydrogen) atoms. The molecule has 0 aliphatic carbocycles. The van der Waals surface area contributed by atoms with Gasteiger partial charge in [-0.15, -0.1) is 11.8 Å². The fourth-order valence-electron chi connectivity index (χ4n) is 5.10. The van der Waals surface area contributed by atoms with Crippen molar-refractivity contribution in [3.05, 3.63) is 70.4 Å². The Labute approximate surface area is 222 Å². The van der Waals surface area contributed by atoms with Crippen molar-refractivity contribution in [2.75, 3.05) is 56.2 Å². The third-order valence-corrected chi connectivity index (χ3v) is 8.25. The lowest BCUT2D eigenvalue weighted by atomic mass is 9.97. The number of aromatic nitrogens is 1. The van der Waals surface area contributed by atoms with Crippen LogP contribution in [-0.2, 0) is 13.0 Å². The Morgan fingerprint density at radius 3 is 2.53 bits per heavy atom. The zero-order valence-electron chi connectivity index (χ0n) is 21.1. The monoisotopic (exact) mass is 521 g/mol. The van der Waals surface area contributed by atoms with Gasteiger partial charge in [0.2, 0.25) is 0 Å². The van der Waals surface area contributed by atoms with Crippen LogP contribution in [0.25, 0.3) is 11.1 Å². The summed E-state index contributed by atoms with van der Waals surface area (Å²) in [7, 11) is 2.17. The minimum absolute atomic E-state index is 0.109. The number of carbonyl (C=O) groups excluding carboxylic acids is 1. The van der Waals surface area contributed by atoms with Crippen LogP contribution in [0.3, 0.4) is 0 Å². The number of halogens is 1. The smallest absolute Gasteiger partial charge is 0.323 e. The van der Waals surface area contributed by atoms with E-state index in [0.717, 1.165) is 54.3 Å². The predicted molar refractivity (Wildman–Crippen MR) is 150 cm³/mol. The van der Waals surface area contributed by atoms with E-state index in [1.807, 2.05) is 42.2 Å². The summed E-state index contributed by atoms with van der Waals surface area (Å²) in [5, 5.41) is 3.73. The number of anilines is 2. The number of urea groups is 1. The number of piperazine rings is 1. The first-order chi connectivity index (χ1) is 17.4. The van der Waals surface area contributed by atoms with Crippen molar-refractivity contribution in [3.8, 4) is 11.1 Å². The summed E-state index contributed by atoms with van der Waals surface area (Å²) in [5.41, 5.74) is 7.12. The predicted octanol–water partition coefficient (Wildman–Crippen LogP) is 5.77. The third kappa shape index (κ3) is 5.19. The van der Waals surface area contributed by atoms with Gasteiger partial charge in [-0.1, -0.05) is 17.7 Å². The molecule has 2 amide bonds. The molecule has 0 atom stereocenters. The summed E-state index contributed by atoms with van der Waals surface area (Å²) in [5.74, 6) is 0.554. The van der Waals surface area contributed by atoms with Crippen molar-refractivity contribution in [3.63, 3.8) is 0 Å². The first-order valence-electron chi connectivity index (χ1n) is 12.3. The van der Waals surface area contributed by atoms with Gasteiger partial charge in [0, 0.05) is 66.6 Å². The molecule has 1 fully saturated rings. The van der Waals surface area contributed by atoms with Crippen molar-refractivity contribution in [2.24, 2.45) is 0 Å². The van der Waals surface area contributed by atoms with Crippen LogP contribution in [0.4, 0.5) is 16.3 Å². The van der Waals surface area contributed by atoms with Crippen molar-refractivity contribution in [2.45, 2.75) is 24.8 Å². The standard InChI is InChI=1S/C28H32ClN5OS/c1-19-16-21(29)5-6-22(19)20-4-9-27(30-17-20)31-28(35)34-11-10-23-24(18-34)25(7-8-26(23)36-3)33-14-12-32(2)13-15-33/h4-9,16-17H,10-15,18H2,1-3H3,(H,30,31,35). The highest BCUT2D eigenvalue weighted by Gasteiger charge is 2.27. The first-order valence-corrected chi connectivity index (χ1v) is 13.9. The van der Waals surface area contributed by atoms with Crippen molar-refractivity contribution in [1.29, 1.82) is 0 Å². The normalized spacial score (nSPS) is 16.1. The van der Waals surface area contributed by atoms with Crippen molar-refractivity contribution < 1.29 is 4.79 Å². The summed E-state index contributed by atoms with van der Waals surface area (Å²) in [6, 6.07) is 14.1. The molecular weight excluding hydrogens is 490 g/mol. The molecule has 2 aliphatic heterocycles. The van der Waals surface area contributed by atoms with E-state index in [1.54, 1.807) is 18.0 Å². The Bertz CT molecular complexity index is 1260. The fraction of sp³-hybridized carbons (Fsp3) is 0.357. The Kier molecular flexibility index (Phi) is 7.42. The molecule has 1 N–H and O–H groups in total. The Morgan fingerprint density at radius 1 is 1.03 bits per heavy atom. The number of benzene rings is 2. The topological polar surface area (TPSA) is 51.7 Å². The van der Waals surface area contributed by atoms with E-state index in [9.17, 15) is 4.79 Å². The number of hydrogen-bond acceptors (Lipinski definition) is 5. The number of carbonyl (C=O) groups is 1. The summed E-state index contributed by atoms with van der Waals surface area (Å²) in [6.07, 6.45) is 4.79. The summed E-state index contributed by atoms with van der Waals surface area (Å²) in [6.45, 7) is 7.47. The number of thioether (sulfide) groups is 1. The maximum Gasteiger partial charge on any atom is 0.323 e. The highest BCUT2D eigenvalue weighted by molar-refractivity contribution is 7.98. The number of aryl methyl sites for hydroxylation is 1. The maximum atomic E-state index is 13.2. The molecular formula is C28H32ClN5OS. The van der Waals surface area contributed by atoms with Gasteiger partial charge in [0.25, 0.3) is 0 Å². The molecule has 0 saturated carbocycles. The number of pyridine rings is 1. The molecule has 5 rings (SSSR count). The van der Waals surface area contributed by atoms with Gasteiger partial charge in [-0.25, -0.2) is 9.78 Å². The van der Waals surface area contributed by atoms with Gasteiger partial charge in [-0.2, -0.15) is 0 Å². The fourth-order valence-corrected chi connectivity index (χ4v) is 6.00. The number of nitrogens with zero attached hydrogens (tertiary/aromatic N) is 4. The molecule has 0 radical (unpaired) electrons.